The van der Waals surface area contributed by atoms with Gasteiger partial charge in [-0.15, -0.1) is 6.42 Å². The first kappa shape index (κ1) is 9.56. The summed E-state index contributed by atoms with van der Waals surface area (Å²) in [5.41, 5.74) is 0.822. The van der Waals surface area contributed by atoms with E-state index < -0.39 is 0 Å². The van der Waals surface area contributed by atoms with Crippen molar-refractivity contribution in [1.82, 2.24) is 0 Å². The molecule has 1 aromatic carbocycles. The van der Waals surface area contributed by atoms with Crippen molar-refractivity contribution in [3.63, 3.8) is 0 Å². The van der Waals surface area contributed by atoms with Crippen molar-refractivity contribution >= 4 is 11.6 Å². The van der Waals surface area contributed by atoms with Crippen molar-refractivity contribution in [2.24, 2.45) is 0 Å². The maximum atomic E-state index is 6.50. The molecular formula is C9H6ClN. The highest BCUT2D eigenvalue weighted by molar-refractivity contribution is 6.30. The van der Waals surface area contributed by atoms with Crippen LogP contribution >= 0.6 is 11.6 Å². The molecule has 0 saturated heterocycles. The van der Waals surface area contributed by atoms with Gasteiger partial charge in [0.05, 0.1) is 0 Å². The third kappa shape index (κ3) is 3.30. The van der Waals surface area contributed by atoms with E-state index in [1.165, 1.54) is 0 Å². The van der Waals surface area contributed by atoms with Gasteiger partial charge >= 0.3 is 0 Å². The molecule has 0 saturated carbocycles. The first-order chi connectivity index (χ1) is 5.33. The van der Waals surface area contributed by atoms with Crippen molar-refractivity contribution in [2.45, 2.75) is 0 Å². The van der Waals surface area contributed by atoms with E-state index in [4.69, 9.17) is 23.3 Å². The maximum absolute atomic E-state index is 6.50. The first-order valence-corrected chi connectivity index (χ1v) is 3.19. The van der Waals surface area contributed by atoms with Crippen LogP contribution in [0.2, 0.25) is 5.02 Å². The highest BCUT2D eigenvalue weighted by Crippen LogP contribution is 2.08. The smallest absolute Gasteiger partial charge is 0.0462 e. The topological polar surface area (TPSA) is 23.8 Å². The highest BCUT2D eigenvalue weighted by atomic mass is 35.5. The summed E-state index contributed by atoms with van der Waals surface area (Å²) in [7, 11) is 0. The number of nitriles is 1. The van der Waals surface area contributed by atoms with E-state index in [2.05, 4.69) is 12.5 Å². The van der Waals surface area contributed by atoms with Crippen LogP contribution in [0.15, 0.2) is 24.3 Å². The fourth-order valence-electron chi connectivity index (χ4n) is 0.578. The van der Waals surface area contributed by atoms with Gasteiger partial charge in [-0.25, -0.2) is 5.26 Å². The molecule has 1 aromatic rings. The second kappa shape index (κ2) is 5.35. The monoisotopic (exact) mass is 163 g/mol. The van der Waals surface area contributed by atoms with Crippen molar-refractivity contribution < 1.29 is 0 Å². The van der Waals surface area contributed by atoms with Crippen LogP contribution in [0.4, 0.5) is 0 Å². The Balaban J connectivity index is 0.000000461. The summed E-state index contributed by atoms with van der Waals surface area (Å²) < 4.78 is 0. The zero-order valence-corrected chi connectivity index (χ0v) is 6.55. The summed E-state index contributed by atoms with van der Waals surface area (Å²) in [6, 6.07) is 7.22. The van der Waals surface area contributed by atoms with Crippen molar-refractivity contribution in [2.75, 3.05) is 0 Å². The Labute approximate surface area is 71.2 Å². The fraction of sp³-hybridized carbons (Fsp3) is 0. The molecule has 0 atom stereocenters. The summed E-state index contributed by atoms with van der Waals surface area (Å²) in [5.74, 6) is 2.48. The van der Waals surface area contributed by atoms with Crippen LogP contribution in [0.3, 0.4) is 0 Å². The van der Waals surface area contributed by atoms with Gasteiger partial charge in [0.2, 0.25) is 0 Å². The normalized spacial score (nSPS) is 7.09. The third-order valence-electron chi connectivity index (χ3n) is 0.991. The molecule has 11 heavy (non-hydrogen) atoms. The average Bonchev–Trinajstić information content (AvgIpc) is 2.08. The quantitative estimate of drug-likeness (QED) is 0.539. The molecule has 0 unspecified atom stereocenters. The van der Waals surface area contributed by atoms with Gasteiger partial charge in [-0.1, -0.05) is 23.6 Å². The van der Waals surface area contributed by atoms with E-state index in [1.54, 1.807) is 12.1 Å². The molecule has 0 aliphatic heterocycles. The lowest BCUT2D eigenvalue weighted by molar-refractivity contribution is 1.58. The Bertz CT molecular complexity index is 283. The summed E-state index contributed by atoms with van der Waals surface area (Å²) in [6.45, 7) is 3.50. The second-order valence-corrected chi connectivity index (χ2v) is 2.09. The standard InChI is InChI=1S/C8H5Cl.CHN/c1-2-7-4-3-5-8(9)6-7;1-2/h1,3-6H;1H. The summed E-state index contributed by atoms with van der Waals surface area (Å²) in [4.78, 5) is 0. The molecular weight excluding hydrogens is 158 g/mol. The van der Waals surface area contributed by atoms with Crippen LogP contribution in [0, 0.1) is 24.2 Å². The van der Waals surface area contributed by atoms with Crippen molar-refractivity contribution in [3.05, 3.63) is 34.9 Å². The SMILES string of the molecule is C#Cc1cccc(Cl)c1.C#N. The molecule has 0 spiro atoms. The summed E-state index contributed by atoms with van der Waals surface area (Å²) in [5, 5.41) is 7.19. The van der Waals surface area contributed by atoms with E-state index in [-0.39, 0.29) is 0 Å². The molecule has 1 nitrogen and oxygen atoms in total. The molecule has 0 heterocycles. The van der Waals surface area contributed by atoms with Gasteiger partial charge in [-0.3, -0.25) is 0 Å². The van der Waals surface area contributed by atoms with E-state index >= 15 is 0 Å². The minimum Gasteiger partial charge on any atom is -0.202 e. The molecule has 0 N–H and O–H groups in total. The third-order valence-corrected chi connectivity index (χ3v) is 1.23. The van der Waals surface area contributed by atoms with Gasteiger partial charge in [-0.05, 0) is 18.2 Å². The Morgan fingerprint density at radius 1 is 1.36 bits per heavy atom. The number of hydrogen-bond donors (Lipinski definition) is 0. The maximum Gasteiger partial charge on any atom is 0.0462 e. The molecule has 0 amide bonds. The minimum absolute atomic E-state index is 0.686. The average molecular weight is 164 g/mol. The largest absolute Gasteiger partial charge is 0.202 e. The first-order valence-electron chi connectivity index (χ1n) is 2.81. The predicted molar refractivity (Wildman–Crippen MR) is 46.1 cm³/mol. The second-order valence-electron chi connectivity index (χ2n) is 1.65. The molecule has 0 bridgehead atoms. The van der Waals surface area contributed by atoms with Gasteiger partial charge < -0.3 is 0 Å². The molecule has 2 heteroatoms. The number of halogens is 1. The summed E-state index contributed by atoms with van der Waals surface area (Å²) in [6.07, 6.45) is 5.11. The van der Waals surface area contributed by atoms with E-state index in [0.717, 1.165) is 5.56 Å². The van der Waals surface area contributed by atoms with Crippen LogP contribution in [-0.4, -0.2) is 0 Å². The molecule has 0 fully saturated rings. The Morgan fingerprint density at radius 3 is 2.36 bits per heavy atom. The van der Waals surface area contributed by atoms with Gasteiger partial charge in [0.15, 0.2) is 0 Å². The molecule has 54 valence electrons. The van der Waals surface area contributed by atoms with E-state index in [1.807, 2.05) is 12.1 Å². The number of hydrogen-bond acceptors (Lipinski definition) is 1. The van der Waals surface area contributed by atoms with Gasteiger partial charge in [0, 0.05) is 17.2 Å². The fourth-order valence-corrected chi connectivity index (χ4v) is 0.769. The Kier molecular flexibility index (Phi) is 4.65. The molecule has 0 aliphatic rings. The van der Waals surface area contributed by atoms with Crippen molar-refractivity contribution in [1.29, 1.82) is 5.26 Å². The lowest BCUT2D eigenvalue weighted by Crippen LogP contribution is -1.69. The highest BCUT2D eigenvalue weighted by Gasteiger charge is 1.85. The number of rotatable bonds is 0. The van der Waals surface area contributed by atoms with Crippen LogP contribution in [0.5, 0.6) is 0 Å². The molecule has 0 aromatic heterocycles. The van der Waals surface area contributed by atoms with E-state index in [0.29, 0.717) is 5.02 Å². The summed E-state index contributed by atoms with van der Waals surface area (Å²) >= 11 is 5.63. The van der Waals surface area contributed by atoms with E-state index in [9.17, 15) is 0 Å². The molecule has 1 rings (SSSR count). The minimum atomic E-state index is 0.686. The number of terminal acetylenes is 1. The van der Waals surface area contributed by atoms with Gasteiger partial charge in [0.1, 0.15) is 0 Å². The number of benzene rings is 1. The van der Waals surface area contributed by atoms with Gasteiger partial charge in [0.25, 0.3) is 0 Å². The Hall–Kier alpha value is -1.44. The number of nitrogens with zero attached hydrogens (tertiary/aromatic N) is 1. The molecule has 0 radical (unpaired) electrons. The Morgan fingerprint density at radius 2 is 2.00 bits per heavy atom. The predicted octanol–water partition coefficient (Wildman–Crippen LogP) is 2.46. The lowest BCUT2D eigenvalue weighted by Gasteiger charge is -1.88. The van der Waals surface area contributed by atoms with Crippen LogP contribution in [0.1, 0.15) is 5.56 Å². The zero-order valence-electron chi connectivity index (χ0n) is 5.79. The van der Waals surface area contributed by atoms with Gasteiger partial charge in [-0.2, -0.15) is 0 Å². The van der Waals surface area contributed by atoms with Crippen LogP contribution < -0.4 is 0 Å². The molecule has 0 aliphatic carbocycles. The van der Waals surface area contributed by atoms with Crippen molar-refractivity contribution in [3.8, 4) is 18.9 Å². The zero-order chi connectivity index (χ0) is 8.69. The van der Waals surface area contributed by atoms with Crippen LogP contribution in [-0.2, 0) is 0 Å². The van der Waals surface area contributed by atoms with Crippen LogP contribution in [0.25, 0.3) is 0 Å². The lowest BCUT2D eigenvalue weighted by atomic mass is 10.2.